The summed E-state index contributed by atoms with van der Waals surface area (Å²) in [4.78, 5) is 0. The van der Waals surface area contributed by atoms with Gasteiger partial charge in [0.05, 0.1) is 17.3 Å². The zero-order chi connectivity index (χ0) is 12.8. The summed E-state index contributed by atoms with van der Waals surface area (Å²) in [7, 11) is 0. The van der Waals surface area contributed by atoms with Crippen LogP contribution in [0.4, 0.5) is 4.39 Å². The fraction of sp³-hybridized carbons (Fsp3) is 0.231. The molecule has 0 aliphatic heterocycles. The smallest absolute Gasteiger partial charge is 0.133 e. The van der Waals surface area contributed by atoms with Crippen molar-refractivity contribution >= 4 is 15.9 Å². The van der Waals surface area contributed by atoms with Crippen molar-refractivity contribution in [3.63, 3.8) is 0 Å². The minimum atomic E-state index is -0.287. The van der Waals surface area contributed by atoms with Gasteiger partial charge in [0, 0.05) is 6.54 Å². The topological polar surface area (TPSA) is 34.4 Å². The first-order valence-corrected chi connectivity index (χ1v) is 6.36. The molecule has 0 unspecified atom stereocenters. The third-order valence-corrected chi connectivity index (χ3v) is 2.93. The summed E-state index contributed by atoms with van der Waals surface area (Å²) in [6.45, 7) is 1.86. The van der Waals surface area contributed by atoms with E-state index in [-0.39, 0.29) is 5.82 Å². The summed E-state index contributed by atoms with van der Waals surface area (Å²) in [6, 6.07) is 8.11. The van der Waals surface area contributed by atoms with E-state index >= 15 is 0 Å². The van der Waals surface area contributed by atoms with Gasteiger partial charge < -0.3 is 14.5 Å². The van der Waals surface area contributed by atoms with Crippen LogP contribution in [0.5, 0.6) is 5.75 Å². The second kappa shape index (κ2) is 6.56. The van der Waals surface area contributed by atoms with Gasteiger partial charge in [-0.25, -0.2) is 4.39 Å². The summed E-state index contributed by atoms with van der Waals surface area (Å²) in [5.74, 6) is 1.24. The number of rotatable bonds is 6. The Labute approximate surface area is 113 Å². The molecule has 0 radical (unpaired) electrons. The second-order valence-electron chi connectivity index (χ2n) is 3.68. The molecule has 1 aromatic carbocycles. The van der Waals surface area contributed by atoms with E-state index in [4.69, 9.17) is 9.15 Å². The predicted molar refractivity (Wildman–Crippen MR) is 70.0 cm³/mol. The number of nitrogens with one attached hydrogen (secondary N) is 1. The van der Waals surface area contributed by atoms with E-state index in [1.165, 1.54) is 12.1 Å². The van der Waals surface area contributed by atoms with Crippen LogP contribution in [0.25, 0.3) is 0 Å². The van der Waals surface area contributed by atoms with E-state index in [1.807, 2.05) is 12.1 Å². The predicted octanol–water partition coefficient (Wildman–Crippen LogP) is 3.35. The zero-order valence-electron chi connectivity index (χ0n) is 9.66. The second-order valence-corrected chi connectivity index (χ2v) is 4.53. The SMILES string of the molecule is Fc1ccc(OCCNCc2ccco2)c(Br)c1. The third kappa shape index (κ3) is 3.85. The van der Waals surface area contributed by atoms with Gasteiger partial charge in [-0.1, -0.05) is 0 Å². The molecule has 0 spiro atoms. The molecule has 0 fully saturated rings. The molecule has 0 atom stereocenters. The van der Waals surface area contributed by atoms with Crippen LogP contribution in [0.15, 0.2) is 45.5 Å². The summed E-state index contributed by atoms with van der Waals surface area (Å²) in [6.07, 6.45) is 1.64. The molecule has 5 heteroatoms. The van der Waals surface area contributed by atoms with Crippen LogP contribution in [0.2, 0.25) is 0 Å². The highest BCUT2D eigenvalue weighted by Crippen LogP contribution is 2.25. The molecule has 0 saturated carbocycles. The molecular formula is C13H13BrFNO2. The number of furan rings is 1. The largest absolute Gasteiger partial charge is 0.491 e. The van der Waals surface area contributed by atoms with E-state index < -0.39 is 0 Å². The zero-order valence-corrected chi connectivity index (χ0v) is 11.2. The highest BCUT2D eigenvalue weighted by atomic mass is 79.9. The molecule has 0 aliphatic rings. The van der Waals surface area contributed by atoms with E-state index in [9.17, 15) is 4.39 Å². The molecule has 3 nitrogen and oxygen atoms in total. The first kappa shape index (κ1) is 13.1. The Morgan fingerprint density at radius 2 is 2.22 bits per heavy atom. The van der Waals surface area contributed by atoms with Crippen LogP contribution in [-0.4, -0.2) is 13.2 Å². The van der Waals surface area contributed by atoms with Crippen molar-refractivity contribution in [3.8, 4) is 5.75 Å². The molecule has 18 heavy (non-hydrogen) atoms. The Hall–Kier alpha value is -1.33. The summed E-state index contributed by atoms with van der Waals surface area (Å²) >= 11 is 3.25. The fourth-order valence-electron chi connectivity index (χ4n) is 1.45. The van der Waals surface area contributed by atoms with Crippen LogP contribution in [-0.2, 0) is 6.54 Å². The molecule has 1 N–H and O–H groups in total. The van der Waals surface area contributed by atoms with Gasteiger partial charge in [-0.15, -0.1) is 0 Å². The maximum atomic E-state index is 12.8. The quantitative estimate of drug-likeness (QED) is 0.830. The lowest BCUT2D eigenvalue weighted by Gasteiger charge is -2.08. The van der Waals surface area contributed by atoms with Crippen molar-refractivity contribution in [2.24, 2.45) is 0 Å². The number of ether oxygens (including phenoxy) is 1. The first-order chi connectivity index (χ1) is 8.75. The van der Waals surface area contributed by atoms with Crippen molar-refractivity contribution in [1.82, 2.24) is 5.32 Å². The monoisotopic (exact) mass is 313 g/mol. The lowest BCUT2D eigenvalue weighted by Crippen LogP contribution is -2.20. The van der Waals surface area contributed by atoms with Crippen LogP contribution in [0, 0.1) is 5.82 Å². The lowest BCUT2D eigenvalue weighted by molar-refractivity contribution is 0.308. The Kier molecular flexibility index (Phi) is 4.78. The number of benzene rings is 1. The van der Waals surface area contributed by atoms with Crippen molar-refractivity contribution in [3.05, 3.63) is 52.6 Å². The highest BCUT2D eigenvalue weighted by Gasteiger charge is 2.02. The Morgan fingerprint density at radius 1 is 1.33 bits per heavy atom. The van der Waals surface area contributed by atoms with E-state index in [1.54, 1.807) is 12.3 Å². The standard InChI is InChI=1S/C13H13BrFNO2/c14-12-8-10(15)3-4-13(12)18-7-5-16-9-11-2-1-6-17-11/h1-4,6,8,16H,5,7,9H2. The molecule has 0 bridgehead atoms. The van der Waals surface area contributed by atoms with Gasteiger partial charge in [-0.2, -0.15) is 0 Å². The van der Waals surface area contributed by atoms with Crippen LogP contribution in [0.3, 0.4) is 0 Å². The number of hydrogen-bond acceptors (Lipinski definition) is 3. The average Bonchev–Trinajstić information content (AvgIpc) is 2.84. The Morgan fingerprint density at radius 3 is 2.94 bits per heavy atom. The van der Waals surface area contributed by atoms with Crippen molar-refractivity contribution < 1.29 is 13.5 Å². The normalized spacial score (nSPS) is 10.6. The van der Waals surface area contributed by atoms with Crippen LogP contribution >= 0.6 is 15.9 Å². The minimum absolute atomic E-state index is 0.287. The molecule has 0 saturated heterocycles. The van der Waals surface area contributed by atoms with Crippen LogP contribution < -0.4 is 10.1 Å². The first-order valence-electron chi connectivity index (χ1n) is 5.56. The molecule has 0 amide bonds. The van der Waals surface area contributed by atoms with Gasteiger partial charge in [0.2, 0.25) is 0 Å². The molecule has 1 heterocycles. The number of hydrogen-bond donors (Lipinski definition) is 1. The van der Waals surface area contributed by atoms with Crippen molar-refractivity contribution in [2.75, 3.05) is 13.2 Å². The van der Waals surface area contributed by atoms with Crippen LogP contribution in [0.1, 0.15) is 5.76 Å². The van der Waals surface area contributed by atoms with E-state index in [2.05, 4.69) is 21.2 Å². The number of halogens is 2. The van der Waals surface area contributed by atoms with Gasteiger partial charge in [-0.05, 0) is 46.3 Å². The van der Waals surface area contributed by atoms with Gasteiger partial charge in [0.1, 0.15) is 23.9 Å². The minimum Gasteiger partial charge on any atom is -0.491 e. The maximum Gasteiger partial charge on any atom is 0.133 e. The molecule has 96 valence electrons. The summed E-state index contributed by atoms with van der Waals surface area (Å²) in [5, 5.41) is 3.18. The lowest BCUT2D eigenvalue weighted by atomic mass is 10.3. The van der Waals surface area contributed by atoms with E-state index in [0.717, 1.165) is 5.76 Å². The maximum absolute atomic E-state index is 12.8. The van der Waals surface area contributed by atoms with Gasteiger partial charge >= 0.3 is 0 Å². The summed E-state index contributed by atoms with van der Waals surface area (Å²) in [5.41, 5.74) is 0. The van der Waals surface area contributed by atoms with E-state index in [0.29, 0.717) is 29.9 Å². The fourth-order valence-corrected chi connectivity index (χ4v) is 1.92. The third-order valence-electron chi connectivity index (χ3n) is 2.31. The molecule has 2 aromatic rings. The van der Waals surface area contributed by atoms with Crippen molar-refractivity contribution in [2.45, 2.75) is 6.54 Å². The molecule has 0 aliphatic carbocycles. The average molecular weight is 314 g/mol. The van der Waals surface area contributed by atoms with Gasteiger partial charge in [0.15, 0.2) is 0 Å². The molecule has 2 rings (SSSR count). The molecule has 1 aromatic heterocycles. The Balaban J connectivity index is 1.69. The summed E-state index contributed by atoms with van der Waals surface area (Å²) < 4.78 is 24.1. The van der Waals surface area contributed by atoms with Gasteiger partial charge in [-0.3, -0.25) is 0 Å². The van der Waals surface area contributed by atoms with Gasteiger partial charge in [0.25, 0.3) is 0 Å². The highest BCUT2D eigenvalue weighted by molar-refractivity contribution is 9.10. The Bertz CT molecular complexity index is 488. The van der Waals surface area contributed by atoms with Crippen molar-refractivity contribution in [1.29, 1.82) is 0 Å². The molecular weight excluding hydrogens is 301 g/mol.